The van der Waals surface area contributed by atoms with E-state index in [1.54, 1.807) is 4.90 Å². The fourth-order valence-corrected chi connectivity index (χ4v) is 2.63. The van der Waals surface area contributed by atoms with Crippen LogP contribution in [-0.4, -0.2) is 53.7 Å². The van der Waals surface area contributed by atoms with E-state index in [0.29, 0.717) is 19.1 Å². The molecular weight excluding hydrogens is 254 g/mol. The molecular formula is C15H23N3O2. The first-order chi connectivity index (χ1) is 9.39. The Bertz CT molecular complexity index is 437. The third kappa shape index (κ3) is 3.73. The number of nitrogens with zero attached hydrogens (tertiary/aromatic N) is 3. The van der Waals surface area contributed by atoms with Gasteiger partial charge >= 0.3 is 6.09 Å². The molecule has 0 saturated carbocycles. The van der Waals surface area contributed by atoms with Crippen LogP contribution in [0.25, 0.3) is 4.85 Å². The molecule has 1 saturated heterocycles. The van der Waals surface area contributed by atoms with Crippen molar-refractivity contribution < 1.29 is 9.53 Å². The number of rotatable bonds is 1. The molecule has 0 radical (unpaired) electrons. The van der Waals surface area contributed by atoms with E-state index in [1.165, 1.54) is 0 Å². The van der Waals surface area contributed by atoms with Gasteiger partial charge in [-0.15, -0.1) is 0 Å². The van der Waals surface area contributed by atoms with Gasteiger partial charge in [-0.1, -0.05) is 6.08 Å². The van der Waals surface area contributed by atoms with Gasteiger partial charge in [0.25, 0.3) is 0 Å². The third-order valence-electron chi connectivity index (χ3n) is 3.66. The van der Waals surface area contributed by atoms with E-state index in [1.807, 2.05) is 20.8 Å². The van der Waals surface area contributed by atoms with Gasteiger partial charge in [0.05, 0.1) is 6.57 Å². The molecule has 0 N–H and O–H groups in total. The van der Waals surface area contributed by atoms with Crippen molar-refractivity contribution in [3.63, 3.8) is 0 Å². The first-order valence-electron chi connectivity index (χ1n) is 7.19. The fourth-order valence-electron chi connectivity index (χ4n) is 2.63. The van der Waals surface area contributed by atoms with Gasteiger partial charge in [0.1, 0.15) is 5.60 Å². The topological polar surface area (TPSA) is 37.1 Å². The van der Waals surface area contributed by atoms with Gasteiger partial charge < -0.3 is 9.64 Å². The van der Waals surface area contributed by atoms with Crippen LogP contribution in [-0.2, 0) is 4.74 Å². The highest BCUT2D eigenvalue weighted by atomic mass is 16.6. The minimum atomic E-state index is -0.438. The first kappa shape index (κ1) is 14.9. The van der Waals surface area contributed by atoms with E-state index in [9.17, 15) is 4.79 Å². The largest absolute Gasteiger partial charge is 0.444 e. The molecule has 0 unspecified atom stereocenters. The van der Waals surface area contributed by atoms with Crippen molar-refractivity contribution in [1.29, 1.82) is 0 Å². The van der Waals surface area contributed by atoms with Gasteiger partial charge in [-0.2, -0.15) is 0 Å². The number of hydrogen-bond acceptors (Lipinski definition) is 3. The van der Waals surface area contributed by atoms with E-state index < -0.39 is 5.60 Å². The smallest absolute Gasteiger partial charge is 0.410 e. The number of piperazine rings is 1. The van der Waals surface area contributed by atoms with Gasteiger partial charge in [0, 0.05) is 32.2 Å². The minimum Gasteiger partial charge on any atom is -0.444 e. The average Bonchev–Trinajstić information content (AvgIpc) is 2.85. The summed E-state index contributed by atoms with van der Waals surface area (Å²) in [5.74, 6) is 0. The van der Waals surface area contributed by atoms with Crippen LogP contribution in [0.2, 0.25) is 0 Å². The van der Waals surface area contributed by atoms with Crippen molar-refractivity contribution in [2.24, 2.45) is 0 Å². The highest BCUT2D eigenvalue weighted by molar-refractivity contribution is 5.68. The summed E-state index contributed by atoms with van der Waals surface area (Å²) in [5, 5.41) is 0. The summed E-state index contributed by atoms with van der Waals surface area (Å²) >= 11 is 0. The van der Waals surface area contributed by atoms with Crippen LogP contribution >= 0.6 is 0 Å². The Morgan fingerprint density at radius 1 is 1.35 bits per heavy atom. The molecule has 1 heterocycles. The molecule has 1 aliphatic heterocycles. The molecule has 0 aromatic rings. The highest BCUT2D eigenvalue weighted by Gasteiger charge is 2.29. The molecule has 2 rings (SSSR count). The standard InChI is InChI=1S/C15H23N3O2/c1-15(2,3)20-14(19)18-9-7-17(8-10-18)13-6-5-12(11-13)16-4/h11,13H,5-10H2,1-3H3/t13-/m0/s1. The van der Waals surface area contributed by atoms with Crippen molar-refractivity contribution in [3.05, 3.63) is 23.2 Å². The maximum Gasteiger partial charge on any atom is 0.410 e. The quantitative estimate of drug-likeness (QED) is 0.691. The Balaban J connectivity index is 1.83. The van der Waals surface area contributed by atoms with Crippen LogP contribution in [0.1, 0.15) is 33.6 Å². The highest BCUT2D eigenvalue weighted by Crippen LogP contribution is 2.24. The zero-order valence-electron chi connectivity index (χ0n) is 12.6. The van der Waals surface area contributed by atoms with E-state index >= 15 is 0 Å². The van der Waals surface area contributed by atoms with Gasteiger partial charge in [0.15, 0.2) is 5.70 Å². The number of amides is 1. The van der Waals surface area contributed by atoms with Crippen LogP contribution < -0.4 is 0 Å². The molecule has 0 bridgehead atoms. The molecule has 1 amide bonds. The molecule has 1 aliphatic carbocycles. The minimum absolute atomic E-state index is 0.221. The zero-order chi connectivity index (χ0) is 14.8. The predicted octanol–water partition coefficient (Wildman–Crippen LogP) is 2.50. The Morgan fingerprint density at radius 2 is 2.00 bits per heavy atom. The summed E-state index contributed by atoms with van der Waals surface area (Å²) in [4.78, 5) is 19.6. The first-order valence-corrected chi connectivity index (χ1v) is 7.19. The third-order valence-corrected chi connectivity index (χ3v) is 3.66. The van der Waals surface area contributed by atoms with Crippen molar-refractivity contribution in [2.75, 3.05) is 26.2 Å². The van der Waals surface area contributed by atoms with E-state index in [0.717, 1.165) is 31.6 Å². The van der Waals surface area contributed by atoms with Crippen LogP contribution in [0.5, 0.6) is 0 Å². The molecule has 5 heteroatoms. The van der Waals surface area contributed by atoms with Crippen LogP contribution in [0, 0.1) is 6.57 Å². The van der Waals surface area contributed by atoms with Crippen LogP contribution in [0.15, 0.2) is 11.8 Å². The Labute approximate surface area is 121 Å². The van der Waals surface area contributed by atoms with Gasteiger partial charge in [-0.3, -0.25) is 4.90 Å². The lowest BCUT2D eigenvalue weighted by molar-refractivity contribution is 0.0123. The van der Waals surface area contributed by atoms with Crippen LogP contribution in [0.4, 0.5) is 4.79 Å². The summed E-state index contributed by atoms with van der Waals surface area (Å²) in [7, 11) is 0. The van der Waals surface area contributed by atoms with Crippen molar-refractivity contribution in [2.45, 2.75) is 45.3 Å². The van der Waals surface area contributed by atoms with Gasteiger partial charge in [-0.05, 0) is 33.6 Å². The van der Waals surface area contributed by atoms with Gasteiger partial charge in [0.2, 0.25) is 0 Å². The Hall–Kier alpha value is -1.54. The maximum absolute atomic E-state index is 12.0. The monoisotopic (exact) mass is 277 g/mol. The number of ether oxygens (including phenoxy) is 1. The fraction of sp³-hybridized carbons (Fsp3) is 0.733. The second kappa shape index (κ2) is 5.84. The Kier molecular flexibility index (Phi) is 4.34. The zero-order valence-corrected chi connectivity index (χ0v) is 12.6. The predicted molar refractivity (Wildman–Crippen MR) is 77.1 cm³/mol. The summed E-state index contributed by atoms with van der Waals surface area (Å²) in [6, 6.07) is 0.375. The van der Waals surface area contributed by atoms with Crippen molar-refractivity contribution in [1.82, 2.24) is 9.80 Å². The molecule has 5 nitrogen and oxygen atoms in total. The average molecular weight is 277 g/mol. The number of hydrogen-bond donors (Lipinski definition) is 0. The Morgan fingerprint density at radius 3 is 2.50 bits per heavy atom. The maximum atomic E-state index is 12.0. The van der Waals surface area contributed by atoms with Crippen molar-refractivity contribution >= 4 is 6.09 Å². The molecule has 0 spiro atoms. The molecule has 110 valence electrons. The van der Waals surface area contributed by atoms with E-state index in [-0.39, 0.29) is 6.09 Å². The molecule has 0 aromatic carbocycles. The summed E-state index contributed by atoms with van der Waals surface area (Å²) in [6.45, 7) is 15.8. The van der Waals surface area contributed by atoms with Crippen molar-refractivity contribution in [3.8, 4) is 0 Å². The lowest BCUT2D eigenvalue weighted by Gasteiger charge is -2.38. The van der Waals surface area contributed by atoms with E-state index in [2.05, 4.69) is 15.8 Å². The molecule has 1 atom stereocenters. The summed E-state index contributed by atoms with van der Waals surface area (Å²) in [6.07, 6.45) is 3.78. The molecule has 20 heavy (non-hydrogen) atoms. The number of carbonyl (C=O) groups is 1. The summed E-state index contributed by atoms with van der Waals surface area (Å²) in [5.41, 5.74) is 0.442. The normalized spacial score (nSPS) is 24.2. The molecule has 1 fully saturated rings. The lowest BCUT2D eigenvalue weighted by atomic mass is 10.2. The number of carbonyl (C=O) groups excluding carboxylic acids is 1. The second-order valence-corrected chi connectivity index (χ2v) is 6.38. The molecule has 2 aliphatic rings. The van der Waals surface area contributed by atoms with Gasteiger partial charge in [-0.25, -0.2) is 9.64 Å². The molecule has 0 aromatic heterocycles. The SMILES string of the molecule is [C-]#[N+]C1=C[C@@H](N2CCN(C(=O)OC(C)(C)C)CC2)CC1. The second-order valence-electron chi connectivity index (χ2n) is 6.38. The summed E-state index contributed by atoms with van der Waals surface area (Å²) < 4.78 is 5.39. The van der Waals surface area contributed by atoms with Crippen LogP contribution in [0.3, 0.4) is 0 Å². The number of allylic oxidation sites excluding steroid dienone is 1. The lowest BCUT2D eigenvalue weighted by Crippen LogP contribution is -2.52. The van der Waals surface area contributed by atoms with E-state index in [4.69, 9.17) is 11.3 Å².